The number of hydrogen-bond donors (Lipinski definition) is 3. The molecule has 0 spiro atoms. The van der Waals surface area contributed by atoms with E-state index < -0.39 is 35.0 Å². The number of likely N-dealkylation sites (N-methyl/N-ethyl adjacent to an activating group) is 1. The van der Waals surface area contributed by atoms with Gasteiger partial charge in [0.15, 0.2) is 0 Å². The van der Waals surface area contributed by atoms with Crippen LogP contribution in [0, 0.1) is 0 Å². The zero-order valence-corrected chi connectivity index (χ0v) is 13.2. The van der Waals surface area contributed by atoms with Crippen molar-refractivity contribution in [1.82, 2.24) is 10.0 Å². The molecule has 3 N–H and O–H groups in total. The second-order valence-electron chi connectivity index (χ2n) is 4.89. The predicted octanol–water partition coefficient (Wildman–Crippen LogP) is -1.01. The van der Waals surface area contributed by atoms with Crippen molar-refractivity contribution in [3.05, 3.63) is 18.2 Å². The standard InChI is InChI=1S/C13H17N3O6S/c1-16-4-5-22-11-3-2-9(6-10(11)16)23(20,21)15-7-12(17)14-8-13(18)19/h2-3,6,15H,4-5,7-8H2,1H3,(H,14,17)(H,18,19). The maximum Gasteiger partial charge on any atom is 0.322 e. The Hall–Kier alpha value is -2.33. The summed E-state index contributed by atoms with van der Waals surface area (Å²) in [6.45, 7) is 0.0553. The number of sulfonamides is 1. The fourth-order valence-electron chi connectivity index (χ4n) is 1.98. The van der Waals surface area contributed by atoms with E-state index in [0.29, 0.717) is 24.6 Å². The molecular formula is C13H17N3O6S. The molecule has 0 saturated heterocycles. The lowest BCUT2D eigenvalue weighted by Gasteiger charge is -2.28. The van der Waals surface area contributed by atoms with Crippen molar-refractivity contribution >= 4 is 27.6 Å². The fourth-order valence-corrected chi connectivity index (χ4v) is 2.98. The predicted molar refractivity (Wildman–Crippen MR) is 81.0 cm³/mol. The van der Waals surface area contributed by atoms with Gasteiger partial charge in [-0.1, -0.05) is 0 Å². The lowest BCUT2D eigenvalue weighted by Crippen LogP contribution is -2.39. The molecule has 1 aliphatic heterocycles. The van der Waals surface area contributed by atoms with Crippen molar-refractivity contribution in [3.8, 4) is 5.75 Å². The third-order valence-electron chi connectivity index (χ3n) is 3.20. The maximum absolute atomic E-state index is 12.2. The van der Waals surface area contributed by atoms with Crippen molar-refractivity contribution < 1.29 is 27.9 Å². The van der Waals surface area contributed by atoms with Crippen LogP contribution in [-0.2, 0) is 19.6 Å². The maximum atomic E-state index is 12.2. The lowest BCUT2D eigenvalue weighted by atomic mass is 10.2. The number of carboxylic acid groups (broad SMARTS) is 1. The molecule has 0 aromatic heterocycles. The molecule has 23 heavy (non-hydrogen) atoms. The number of ether oxygens (including phenoxy) is 1. The molecule has 0 aliphatic carbocycles. The molecule has 0 unspecified atom stereocenters. The molecule has 0 fully saturated rings. The highest BCUT2D eigenvalue weighted by molar-refractivity contribution is 7.89. The first kappa shape index (κ1) is 17.0. The summed E-state index contributed by atoms with van der Waals surface area (Å²) in [6, 6.07) is 4.41. The number of carboxylic acids is 1. The highest BCUT2D eigenvalue weighted by Gasteiger charge is 2.21. The SMILES string of the molecule is CN1CCOc2ccc(S(=O)(=O)NCC(=O)NCC(=O)O)cc21. The van der Waals surface area contributed by atoms with Gasteiger partial charge in [-0.2, -0.15) is 0 Å². The van der Waals surface area contributed by atoms with Crippen molar-refractivity contribution in [3.63, 3.8) is 0 Å². The van der Waals surface area contributed by atoms with Crippen LogP contribution in [0.2, 0.25) is 0 Å². The van der Waals surface area contributed by atoms with Crippen LogP contribution in [0.4, 0.5) is 5.69 Å². The molecule has 1 aliphatic rings. The Bertz CT molecular complexity index is 718. The van der Waals surface area contributed by atoms with E-state index in [2.05, 4.69) is 10.0 Å². The number of nitrogens with zero attached hydrogens (tertiary/aromatic N) is 1. The molecule has 126 valence electrons. The van der Waals surface area contributed by atoms with Gasteiger partial charge in [0.1, 0.15) is 18.9 Å². The average Bonchev–Trinajstić information content (AvgIpc) is 2.51. The van der Waals surface area contributed by atoms with Crippen molar-refractivity contribution in [2.45, 2.75) is 4.90 Å². The molecule has 2 rings (SSSR count). The van der Waals surface area contributed by atoms with Crippen LogP contribution in [0.5, 0.6) is 5.75 Å². The number of fused-ring (bicyclic) bond motifs is 1. The summed E-state index contributed by atoms with van der Waals surface area (Å²) < 4.78 is 32.0. The third-order valence-corrected chi connectivity index (χ3v) is 4.59. The number of carbonyl (C=O) groups is 2. The summed E-state index contributed by atoms with van der Waals surface area (Å²) in [4.78, 5) is 23.6. The van der Waals surface area contributed by atoms with E-state index in [9.17, 15) is 18.0 Å². The second kappa shape index (κ2) is 6.84. The Morgan fingerprint density at radius 1 is 1.35 bits per heavy atom. The van der Waals surface area contributed by atoms with Crippen molar-refractivity contribution in [2.24, 2.45) is 0 Å². The van der Waals surface area contributed by atoms with Crippen LogP contribution in [0.15, 0.2) is 23.1 Å². The number of hydrogen-bond acceptors (Lipinski definition) is 6. The normalized spacial score (nSPS) is 13.9. The monoisotopic (exact) mass is 343 g/mol. The highest BCUT2D eigenvalue weighted by Crippen LogP contribution is 2.32. The van der Waals surface area contributed by atoms with E-state index >= 15 is 0 Å². The largest absolute Gasteiger partial charge is 0.490 e. The number of rotatable bonds is 6. The summed E-state index contributed by atoms with van der Waals surface area (Å²) >= 11 is 0. The molecule has 0 bridgehead atoms. The number of aliphatic carboxylic acids is 1. The van der Waals surface area contributed by atoms with Crippen LogP contribution in [-0.4, -0.2) is 58.7 Å². The number of amides is 1. The van der Waals surface area contributed by atoms with Crippen LogP contribution >= 0.6 is 0 Å². The van der Waals surface area contributed by atoms with Crippen LogP contribution < -0.4 is 19.7 Å². The first-order valence-corrected chi connectivity index (χ1v) is 8.24. The second-order valence-corrected chi connectivity index (χ2v) is 6.66. The summed E-state index contributed by atoms with van der Waals surface area (Å²) in [5.74, 6) is -1.34. The number of nitrogens with one attached hydrogen (secondary N) is 2. The number of benzene rings is 1. The van der Waals surface area contributed by atoms with Crippen LogP contribution in [0.25, 0.3) is 0 Å². The summed E-state index contributed by atoms with van der Waals surface area (Å²) in [6.07, 6.45) is 0. The molecule has 1 heterocycles. The van der Waals surface area contributed by atoms with E-state index in [-0.39, 0.29) is 4.90 Å². The zero-order valence-electron chi connectivity index (χ0n) is 12.4. The van der Waals surface area contributed by atoms with Crippen LogP contribution in [0.1, 0.15) is 0 Å². The van der Waals surface area contributed by atoms with E-state index in [4.69, 9.17) is 9.84 Å². The minimum Gasteiger partial charge on any atom is -0.490 e. The molecule has 1 aromatic rings. The molecule has 0 atom stereocenters. The van der Waals surface area contributed by atoms with Gasteiger partial charge in [0.2, 0.25) is 15.9 Å². The van der Waals surface area contributed by atoms with Crippen LogP contribution in [0.3, 0.4) is 0 Å². The van der Waals surface area contributed by atoms with Gasteiger partial charge in [0, 0.05) is 7.05 Å². The van der Waals surface area contributed by atoms with E-state index in [1.807, 2.05) is 11.9 Å². The molecule has 9 nitrogen and oxygen atoms in total. The van der Waals surface area contributed by atoms with Gasteiger partial charge in [-0.25, -0.2) is 13.1 Å². The minimum absolute atomic E-state index is 0.000338. The Balaban J connectivity index is 2.06. The van der Waals surface area contributed by atoms with E-state index in [1.165, 1.54) is 12.1 Å². The first-order chi connectivity index (χ1) is 10.8. The smallest absolute Gasteiger partial charge is 0.322 e. The van der Waals surface area contributed by atoms with Gasteiger partial charge in [-0.3, -0.25) is 9.59 Å². The molecule has 1 aromatic carbocycles. The van der Waals surface area contributed by atoms with E-state index in [0.717, 1.165) is 0 Å². The number of carbonyl (C=O) groups excluding carboxylic acids is 1. The molecule has 1 amide bonds. The Labute approximate surface area is 133 Å². The van der Waals surface area contributed by atoms with Crippen molar-refractivity contribution in [1.29, 1.82) is 0 Å². The molecule has 0 saturated carbocycles. The van der Waals surface area contributed by atoms with Gasteiger partial charge in [0.25, 0.3) is 0 Å². The Kier molecular flexibility index (Phi) is 5.06. The quantitative estimate of drug-likeness (QED) is 0.604. The van der Waals surface area contributed by atoms with Gasteiger partial charge < -0.3 is 20.1 Å². The third kappa shape index (κ3) is 4.33. The topological polar surface area (TPSA) is 125 Å². The minimum atomic E-state index is -3.89. The first-order valence-electron chi connectivity index (χ1n) is 6.76. The van der Waals surface area contributed by atoms with Crippen molar-refractivity contribution in [2.75, 3.05) is 38.2 Å². The molecule has 10 heteroatoms. The Morgan fingerprint density at radius 2 is 2.09 bits per heavy atom. The summed E-state index contributed by atoms with van der Waals surface area (Å²) in [7, 11) is -2.07. The van der Waals surface area contributed by atoms with E-state index in [1.54, 1.807) is 6.07 Å². The molecule has 0 radical (unpaired) electrons. The number of anilines is 1. The summed E-state index contributed by atoms with van der Waals surface area (Å²) in [5.41, 5.74) is 0.648. The Morgan fingerprint density at radius 3 is 2.78 bits per heavy atom. The van der Waals surface area contributed by atoms with Gasteiger partial charge in [-0.05, 0) is 18.2 Å². The van der Waals surface area contributed by atoms with Gasteiger partial charge >= 0.3 is 5.97 Å². The zero-order chi connectivity index (χ0) is 17.0. The highest BCUT2D eigenvalue weighted by atomic mass is 32.2. The fraction of sp³-hybridized carbons (Fsp3) is 0.385. The lowest BCUT2D eigenvalue weighted by molar-refractivity contribution is -0.137. The van der Waals surface area contributed by atoms with Gasteiger partial charge in [-0.15, -0.1) is 0 Å². The van der Waals surface area contributed by atoms with Gasteiger partial charge in [0.05, 0.1) is 23.7 Å². The average molecular weight is 343 g/mol. The molecular weight excluding hydrogens is 326 g/mol. The summed E-state index contributed by atoms with van der Waals surface area (Å²) in [5, 5.41) is 10.5.